The van der Waals surface area contributed by atoms with Gasteiger partial charge < -0.3 is 40.5 Å². The molecule has 2 heterocycles. The fourth-order valence-electron chi connectivity index (χ4n) is 8.80. The average molecular weight is 885 g/mol. The van der Waals surface area contributed by atoms with Crippen LogP contribution < -0.4 is 16.4 Å². The lowest BCUT2D eigenvalue weighted by molar-refractivity contribution is -0.148. The van der Waals surface area contributed by atoms with Crippen LogP contribution in [0.3, 0.4) is 0 Å². The Morgan fingerprint density at radius 1 is 0.935 bits per heavy atom. The topological polar surface area (TPSA) is 180 Å². The first-order chi connectivity index (χ1) is 29.3. The molecule has 62 heavy (non-hydrogen) atoms. The van der Waals surface area contributed by atoms with E-state index in [1.807, 2.05) is 103 Å². The van der Waals surface area contributed by atoms with Gasteiger partial charge in [0, 0.05) is 53.3 Å². The van der Waals surface area contributed by atoms with Crippen molar-refractivity contribution in [3.63, 3.8) is 0 Å². The molecule has 4 N–H and O–H groups in total. The van der Waals surface area contributed by atoms with Gasteiger partial charge >= 0.3 is 0 Å². The number of nitrogens with zero attached hydrogens (tertiary/aromatic N) is 5. The highest BCUT2D eigenvalue weighted by Crippen LogP contribution is 2.31. The van der Waals surface area contributed by atoms with Crippen molar-refractivity contribution >= 4 is 40.9 Å². The van der Waals surface area contributed by atoms with Gasteiger partial charge in [0.05, 0.1) is 48.7 Å². The average Bonchev–Trinajstić information content (AvgIpc) is 3.93. The van der Waals surface area contributed by atoms with Crippen LogP contribution in [0.25, 0.3) is 0 Å². The van der Waals surface area contributed by atoms with Crippen LogP contribution in [0.5, 0.6) is 0 Å². The highest BCUT2D eigenvalue weighted by Gasteiger charge is 2.43. The van der Waals surface area contributed by atoms with Crippen LogP contribution in [-0.2, 0) is 35.1 Å². The zero-order valence-electron chi connectivity index (χ0n) is 39.6. The number of nitrogens with two attached hydrogens (primary N) is 1. The first-order valence-electron chi connectivity index (χ1n) is 22.2. The second-order valence-electron chi connectivity index (χ2n) is 17.8. The molecule has 1 aliphatic rings. The van der Waals surface area contributed by atoms with E-state index in [4.69, 9.17) is 15.2 Å². The molecule has 9 atom stereocenters. The molecule has 0 aliphatic carbocycles. The predicted octanol–water partition coefficient (Wildman–Crippen LogP) is 4.22. The molecule has 2 aromatic rings. The summed E-state index contributed by atoms with van der Waals surface area (Å²) in [6, 6.07) is 7.22. The molecule has 0 spiro atoms. The Morgan fingerprint density at radius 2 is 1.60 bits per heavy atom. The summed E-state index contributed by atoms with van der Waals surface area (Å²) in [4.78, 5) is 81.1. The summed E-state index contributed by atoms with van der Waals surface area (Å²) in [6.45, 7) is 14.9. The standard InChI is InChI=1S/C46H76N8O7S/c1-14-30(6)40(53(11)46(59)38(28(2)3)50-43(57)39(29(4)5)51(8)9)36(60-12)26-37(55)54-23-18-21-35(54)41(61-13)31(7)42(56)48-33(25-32-19-16-15-17-20-32)44-49-34(27-62-44)45(58)52(10)24-22-47/h15-17,19-20,27-31,33,35-36,38-41H,14,18,21-26,47H2,1-13H3,(H,48,56)(H,50,57)/t30?,31?,33?,35-,36?,38?,39?,40?,41?/m0/s1. The number of carbonyl (C=O) groups is 5. The third kappa shape index (κ3) is 13.5. The van der Waals surface area contributed by atoms with Crippen LogP contribution in [0.2, 0.25) is 0 Å². The fourth-order valence-corrected chi connectivity index (χ4v) is 9.64. The highest BCUT2D eigenvalue weighted by atomic mass is 32.1. The van der Waals surface area contributed by atoms with Gasteiger partial charge in [-0.3, -0.25) is 28.9 Å². The first-order valence-corrected chi connectivity index (χ1v) is 23.0. The number of ether oxygens (including phenoxy) is 2. The van der Waals surface area contributed by atoms with Gasteiger partial charge in [0.15, 0.2) is 0 Å². The van der Waals surface area contributed by atoms with Crippen molar-refractivity contribution in [2.24, 2.45) is 29.4 Å². The van der Waals surface area contributed by atoms with Crippen LogP contribution in [0.4, 0.5) is 0 Å². The fraction of sp³-hybridized carbons (Fsp3) is 0.696. The molecule has 0 bridgehead atoms. The summed E-state index contributed by atoms with van der Waals surface area (Å²) in [5.41, 5.74) is 6.97. The molecule has 1 aliphatic heterocycles. The quantitative estimate of drug-likeness (QED) is 0.138. The number of carbonyl (C=O) groups excluding carboxylic acids is 5. The number of benzene rings is 1. The lowest BCUT2D eigenvalue weighted by atomic mass is 9.89. The Morgan fingerprint density at radius 3 is 2.15 bits per heavy atom. The molecule has 348 valence electrons. The zero-order chi connectivity index (χ0) is 46.4. The number of aromatic nitrogens is 1. The molecule has 1 saturated heterocycles. The molecule has 1 aromatic heterocycles. The largest absolute Gasteiger partial charge is 0.379 e. The molecule has 0 radical (unpaired) electrons. The van der Waals surface area contributed by atoms with Crippen LogP contribution in [0.1, 0.15) is 101 Å². The molecule has 3 rings (SSSR count). The number of rotatable bonds is 24. The van der Waals surface area contributed by atoms with Gasteiger partial charge in [0.25, 0.3) is 5.91 Å². The van der Waals surface area contributed by atoms with Crippen LogP contribution in [0, 0.1) is 23.7 Å². The molecular formula is C46H76N8O7S. The number of hydrogen-bond acceptors (Lipinski definition) is 11. The Kier molecular flexibility index (Phi) is 20.9. The van der Waals surface area contributed by atoms with E-state index >= 15 is 0 Å². The second kappa shape index (κ2) is 24.8. The van der Waals surface area contributed by atoms with Crippen molar-refractivity contribution in [2.45, 2.75) is 123 Å². The molecular weight excluding hydrogens is 809 g/mol. The molecule has 8 unspecified atom stereocenters. The lowest BCUT2D eigenvalue weighted by Gasteiger charge is -2.41. The van der Waals surface area contributed by atoms with Crippen molar-refractivity contribution < 1.29 is 33.4 Å². The van der Waals surface area contributed by atoms with Gasteiger partial charge in [-0.25, -0.2) is 4.98 Å². The van der Waals surface area contributed by atoms with Gasteiger partial charge in [-0.15, -0.1) is 11.3 Å². The Labute approximate surface area is 374 Å². The second-order valence-corrected chi connectivity index (χ2v) is 18.7. The normalized spacial score (nSPS) is 18.1. The third-order valence-corrected chi connectivity index (χ3v) is 13.4. The number of nitrogens with one attached hydrogen (secondary N) is 2. The summed E-state index contributed by atoms with van der Waals surface area (Å²) < 4.78 is 12.1. The predicted molar refractivity (Wildman–Crippen MR) is 244 cm³/mol. The van der Waals surface area contributed by atoms with E-state index in [1.54, 1.807) is 38.6 Å². The number of likely N-dealkylation sites (N-methyl/N-ethyl adjacent to an activating group) is 3. The van der Waals surface area contributed by atoms with E-state index in [0.717, 1.165) is 18.4 Å². The van der Waals surface area contributed by atoms with E-state index in [9.17, 15) is 24.0 Å². The van der Waals surface area contributed by atoms with Crippen molar-refractivity contribution in [1.82, 2.24) is 35.2 Å². The number of hydrogen-bond donors (Lipinski definition) is 3. The van der Waals surface area contributed by atoms with Crippen LogP contribution in [-0.4, -0.2) is 153 Å². The summed E-state index contributed by atoms with van der Waals surface area (Å²) in [5.74, 6) is -1.95. The van der Waals surface area contributed by atoms with E-state index in [-0.39, 0.29) is 59.8 Å². The van der Waals surface area contributed by atoms with Gasteiger partial charge in [-0.05, 0) is 56.7 Å². The molecule has 16 heteroatoms. The monoisotopic (exact) mass is 885 g/mol. The Bertz CT molecular complexity index is 1730. The summed E-state index contributed by atoms with van der Waals surface area (Å²) in [5, 5.41) is 8.57. The number of amides is 5. The van der Waals surface area contributed by atoms with Gasteiger partial charge in [0.2, 0.25) is 23.6 Å². The number of likely N-dealkylation sites (tertiary alicyclic amines) is 1. The zero-order valence-corrected chi connectivity index (χ0v) is 40.4. The van der Waals surface area contributed by atoms with Crippen molar-refractivity contribution in [1.29, 1.82) is 0 Å². The molecule has 5 amide bonds. The van der Waals surface area contributed by atoms with Crippen LogP contribution >= 0.6 is 11.3 Å². The lowest BCUT2D eigenvalue weighted by Crippen LogP contribution is -2.59. The summed E-state index contributed by atoms with van der Waals surface area (Å²) in [7, 11) is 10.3. The number of methoxy groups -OCH3 is 2. The third-order valence-electron chi connectivity index (χ3n) is 12.4. The Balaban J connectivity index is 1.83. The first kappa shape index (κ1) is 52.4. The summed E-state index contributed by atoms with van der Waals surface area (Å²) >= 11 is 1.32. The minimum atomic E-state index is -0.776. The Hall–Kier alpha value is -3.96. The van der Waals surface area contributed by atoms with E-state index < -0.39 is 42.3 Å². The van der Waals surface area contributed by atoms with Gasteiger partial charge in [-0.2, -0.15) is 0 Å². The maximum absolute atomic E-state index is 14.4. The van der Waals surface area contributed by atoms with Crippen molar-refractivity contribution in [3.8, 4) is 0 Å². The maximum Gasteiger partial charge on any atom is 0.273 e. The number of thiazole rings is 1. The van der Waals surface area contributed by atoms with Crippen molar-refractivity contribution in [3.05, 3.63) is 52.0 Å². The maximum atomic E-state index is 14.4. The SMILES string of the molecule is CCC(C)C(C(CC(=O)N1CCC[C@H]1C(OC)C(C)C(=O)NC(Cc1ccccc1)c1nc(C(=O)N(C)CCN)cs1)OC)N(C)C(=O)C(NC(=O)C(C(C)C)N(C)C)C(C)C. The molecule has 1 aromatic carbocycles. The van der Waals surface area contributed by atoms with E-state index in [2.05, 4.69) is 15.6 Å². The smallest absolute Gasteiger partial charge is 0.273 e. The van der Waals surface area contributed by atoms with Gasteiger partial charge in [0.1, 0.15) is 16.7 Å². The molecule has 0 saturated carbocycles. The molecule has 1 fully saturated rings. The molecule has 15 nitrogen and oxygen atoms in total. The summed E-state index contributed by atoms with van der Waals surface area (Å²) in [6.07, 6.45) is 1.30. The minimum Gasteiger partial charge on any atom is -0.379 e. The highest BCUT2D eigenvalue weighted by molar-refractivity contribution is 7.09. The van der Waals surface area contributed by atoms with E-state index in [0.29, 0.717) is 43.2 Å². The van der Waals surface area contributed by atoms with Crippen molar-refractivity contribution in [2.75, 3.05) is 62.0 Å². The van der Waals surface area contributed by atoms with Gasteiger partial charge in [-0.1, -0.05) is 85.2 Å². The van der Waals surface area contributed by atoms with Crippen LogP contribution in [0.15, 0.2) is 35.7 Å². The minimum absolute atomic E-state index is 0.0100. The van der Waals surface area contributed by atoms with E-state index in [1.165, 1.54) is 16.2 Å².